The van der Waals surface area contributed by atoms with Gasteiger partial charge in [0.05, 0.1) is 30.7 Å². The van der Waals surface area contributed by atoms with Crippen LogP contribution >= 0.6 is 0 Å². The third-order valence-electron chi connectivity index (χ3n) is 6.05. The number of ether oxygens (including phenoxy) is 2. The Morgan fingerprint density at radius 2 is 2.10 bits per heavy atom. The Hall–Kier alpha value is -3.20. The third-order valence-corrected chi connectivity index (χ3v) is 6.05. The third kappa shape index (κ3) is 3.69. The normalized spacial score (nSPS) is 18.7. The zero-order valence-electron chi connectivity index (χ0n) is 17.7. The van der Waals surface area contributed by atoms with Crippen LogP contribution in [0, 0.1) is 0 Å². The van der Waals surface area contributed by atoms with Crippen molar-refractivity contribution >= 4 is 11.7 Å². The number of amides is 1. The molecule has 3 aromatic rings. The predicted octanol–water partition coefficient (Wildman–Crippen LogP) is 3.26. The molecule has 0 bridgehead atoms. The highest BCUT2D eigenvalue weighted by molar-refractivity contribution is 6.05. The summed E-state index contributed by atoms with van der Waals surface area (Å²) in [6, 6.07) is 6.21. The van der Waals surface area contributed by atoms with E-state index >= 15 is 0 Å². The molecule has 1 fully saturated rings. The number of methoxy groups -OCH3 is 1. The van der Waals surface area contributed by atoms with Crippen molar-refractivity contribution in [2.45, 2.75) is 44.7 Å². The molecule has 1 amide bonds. The first-order chi connectivity index (χ1) is 15.1. The van der Waals surface area contributed by atoms with Crippen molar-refractivity contribution in [2.24, 2.45) is 0 Å². The maximum absolute atomic E-state index is 13.0. The van der Waals surface area contributed by atoms with Crippen LogP contribution in [0.15, 0.2) is 30.6 Å². The van der Waals surface area contributed by atoms with Crippen LogP contribution in [-0.2, 0) is 11.2 Å². The Kier molecular flexibility index (Phi) is 5.19. The monoisotopic (exact) mass is 422 g/mol. The quantitative estimate of drug-likeness (QED) is 0.678. The van der Waals surface area contributed by atoms with Crippen LogP contribution in [0.1, 0.15) is 54.5 Å². The summed E-state index contributed by atoms with van der Waals surface area (Å²) in [5, 5.41) is 7.36. The first-order valence-corrected chi connectivity index (χ1v) is 10.7. The van der Waals surface area contributed by atoms with Gasteiger partial charge in [-0.3, -0.25) is 9.48 Å². The van der Waals surface area contributed by atoms with Gasteiger partial charge in [0.1, 0.15) is 17.2 Å². The van der Waals surface area contributed by atoms with E-state index in [0.717, 1.165) is 42.9 Å². The summed E-state index contributed by atoms with van der Waals surface area (Å²) in [6.07, 6.45) is 7.41. The predicted molar refractivity (Wildman–Crippen MR) is 114 cm³/mol. The van der Waals surface area contributed by atoms with Gasteiger partial charge in [-0.05, 0) is 38.3 Å². The Morgan fingerprint density at radius 3 is 2.90 bits per heavy atom. The SMILES string of the molecule is COc1nn(C2CCOCC2)cc1C(=O)Nc1cccc(-c2cnc3n2[C@@H](C)CC3)n1. The molecule has 0 unspecified atom stereocenters. The number of nitrogens with one attached hydrogen (secondary N) is 1. The lowest BCUT2D eigenvalue weighted by Gasteiger charge is -2.22. The van der Waals surface area contributed by atoms with Crippen LogP contribution in [0.5, 0.6) is 5.88 Å². The largest absolute Gasteiger partial charge is 0.479 e. The number of aromatic nitrogens is 5. The van der Waals surface area contributed by atoms with Gasteiger partial charge in [-0.2, -0.15) is 0 Å². The molecule has 3 aromatic heterocycles. The topological polar surface area (TPSA) is 96.1 Å². The van der Waals surface area contributed by atoms with Gasteiger partial charge in [-0.15, -0.1) is 5.10 Å². The molecule has 162 valence electrons. The molecular weight excluding hydrogens is 396 g/mol. The number of pyridine rings is 1. The van der Waals surface area contributed by atoms with Crippen molar-refractivity contribution in [3.63, 3.8) is 0 Å². The fourth-order valence-electron chi connectivity index (χ4n) is 4.38. The molecule has 9 heteroatoms. The summed E-state index contributed by atoms with van der Waals surface area (Å²) < 4.78 is 14.8. The van der Waals surface area contributed by atoms with Crippen molar-refractivity contribution in [3.05, 3.63) is 42.0 Å². The molecule has 1 saturated heterocycles. The van der Waals surface area contributed by atoms with Gasteiger partial charge in [0.15, 0.2) is 0 Å². The highest BCUT2D eigenvalue weighted by atomic mass is 16.5. The van der Waals surface area contributed by atoms with E-state index in [0.29, 0.717) is 36.5 Å². The number of hydrogen-bond donors (Lipinski definition) is 1. The highest BCUT2D eigenvalue weighted by Crippen LogP contribution is 2.32. The zero-order chi connectivity index (χ0) is 21.4. The summed E-state index contributed by atoms with van der Waals surface area (Å²) in [4.78, 5) is 22.2. The molecule has 0 radical (unpaired) electrons. The molecular formula is C22H26N6O3. The first-order valence-electron chi connectivity index (χ1n) is 10.7. The second-order valence-corrected chi connectivity index (χ2v) is 8.06. The first kappa shape index (κ1) is 19.7. The second kappa shape index (κ2) is 8.14. The smallest absolute Gasteiger partial charge is 0.263 e. The average Bonchev–Trinajstić information content (AvgIpc) is 3.51. The Morgan fingerprint density at radius 1 is 1.26 bits per heavy atom. The minimum absolute atomic E-state index is 0.205. The summed E-state index contributed by atoms with van der Waals surface area (Å²) in [6.45, 7) is 3.58. The van der Waals surface area contributed by atoms with E-state index in [2.05, 4.69) is 31.9 Å². The van der Waals surface area contributed by atoms with Crippen molar-refractivity contribution in [3.8, 4) is 17.3 Å². The maximum atomic E-state index is 13.0. The van der Waals surface area contributed by atoms with Gasteiger partial charge < -0.3 is 19.4 Å². The fourth-order valence-corrected chi connectivity index (χ4v) is 4.38. The number of aryl methyl sites for hydroxylation is 1. The zero-order valence-corrected chi connectivity index (χ0v) is 17.7. The minimum atomic E-state index is -0.299. The van der Waals surface area contributed by atoms with E-state index in [1.165, 1.54) is 7.11 Å². The van der Waals surface area contributed by atoms with Crippen LogP contribution in [0.3, 0.4) is 0 Å². The van der Waals surface area contributed by atoms with Gasteiger partial charge in [0.2, 0.25) is 5.88 Å². The molecule has 0 spiro atoms. The summed E-state index contributed by atoms with van der Waals surface area (Å²) >= 11 is 0. The Bertz CT molecular complexity index is 1100. The minimum Gasteiger partial charge on any atom is -0.479 e. The van der Waals surface area contributed by atoms with E-state index < -0.39 is 0 Å². The number of imidazole rings is 1. The summed E-state index contributed by atoms with van der Waals surface area (Å²) in [5.41, 5.74) is 2.15. The lowest BCUT2D eigenvalue weighted by Crippen LogP contribution is -2.20. The molecule has 5 rings (SSSR count). The van der Waals surface area contributed by atoms with Crippen LogP contribution in [0.25, 0.3) is 11.4 Å². The van der Waals surface area contributed by atoms with E-state index in [4.69, 9.17) is 9.47 Å². The van der Waals surface area contributed by atoms with Crippen molar-refractivity contribution in [1.29, 1.82) is 0 Å². The van der Waals surface area contributed by atoms with E-state index in [-0.39, 0.29) is 11.9 Å². The molecule has 9 nitrogen and oxygen atoms in total. The fraction of sp³-hybridized carbons (Fsp3) is 0.455. The van der Waals surface area contributed by atoms with Crippen LogP contribution in [0.4, 0.5) is 5.82 Å². The van der Waals surface area contributed by atoms with E-state index in [9.17, 15) is 4.79 Å². The van der Waals surface area contributed by atoms with Gasteiger partial charge >= 0.3 is 0 Å². The van der Waals surface area contributed by atoms with Crippen LogP contribution < -0.4 is 10.1 Å². The van der Waals surface area contributed by atoms with E-state index in [1.807, 2.05) is 23.0 Å². The molecule has 0 aliphatic carbocycles. The number of hydrogen-bond acceptors (Lipinski definition) is 6. The summed E-state index contributed by atoms with van der Waals surface area (Å²) in [7, 11) is 1.52. The number of carbonyl (C=O) groups is 1. The molecule has 1 atom stereocenters. The molecule has 2 aliphatic heterocycles. The lowest BCUT2D eigenvalue weighted by molar-refractivity contribution is 0.0659. The van der Waals surface area contributed by atoms with Crippen LogP contribution in [-0.4, -0.2) is 50.5 Å². The van der Waals surface area contributed by atoms with E-state index in [1.54, 1.807) is 12.3 Å². The number of rotatable bonds is 5. The number of fused-ring (bicyclic) bond motifs is 1. The van der Waals surface area contributed by atoms with Gasteiger partial charge in [-0.1, -0.05) is 6.07 Å². The van der Waals surface area contributed by atoms with Crippen LogP contribution in [0.2, 0.25) is 0 Å². The Balaban J connectivity index is 1.38. The van der Waals surface area contributed by atoms with Crippen molar-refractivity contribution in [2.75, 3.05) is 25.6 Å². The average molecular weight is 422 g/mol. The maximum Gasteiger partial charge on any atom is 0.263 e. The molecule has 2 aliphatic rings. The second-order valence-electron chi connectivity index (χ2n) is 8.06. The van der Waals surface area contributed by atoms with Crippen molar-refractivity contribution in [1.82, 2.24) is 24.3 Å². The standard InChI is InChI=1S/C22H26N6O3/c1-14-6-7-20-23-12-18(28(14)20)17-4-3-5-19(24-17)25-21(29)16-13-27(26-22(16)30-2)15-8-10-31-11-9-15/h3-5,12-15H,6-11H2,1-2H3,(H,24,25,29)/t14-/m0/s1. The molecule has 31 heavy (non-hydrogen) atoms. The molecule has 5 heterocycles. The Labute approximate surface area is 180 Å². The van der Waals surface area contributed by atoms with Gasteiger partial charge in [-0.25, -0.2) is 9.97 Å². The molecule has 0 aromatic carbocycles. The van der Waals surface area contributed by atoms with Gasteiger partial charge in [0, 0.05) is 31.9 Å². The number of anilines is 1. The van der Waals surface area contributed by atoms with Gasteiger partial charge in [0.25, 0.3) is 5.91 Å². The van der Waals surface area contributed by atoms with Crippen molar-refractivity contribution < 1.29 is 14.3 Å². The summed E-state index contributed by atoms with van der Waals surface area (Å²) in [5.74, 6) is 1.57. The number of nitrogens with zero attached hydrogens (tertiary/aromatic N) is 5. The highest BCUT2D eigenvalue weighted by Gasteiger charge is 2.25. The molecule has 0 saturated carbocycles. The lowest BCUT2D eigenvalue weighted by atomic mass is 10.1. The molecule has 1 N–H and O–H groups in total. The number of carbonyl (C=O) groups excluding carboxylic acids is 1.